The number of piperidine rings is 1. The molecule has 1 saturated heterocycles. The summed E-state index contributed by atoms with van der Waals surface area (Å²) in [6.07, 6.45) is 2.30. The summed E-state index contributed by atoms with van der Waals surface area (Å²) in [4.78, 5) is 2.53. The van der Waals surface area contributed by atoms with Crippen LogP contribution in [0.2, 0.25) is 0 Å². The van der Waals surface area contributed by atoms with Gasteiger partial charge in [0.25, 0.3) is 0 Å². The molecule has 6 nitrogen and oxygen atoms in total. The van der Waals surface area contributed by atoms with Crippen molar-refractivity contribution in [2.75, 3.05) is 26.7 Å². The highest BCUT2D eigenvalue weighted by molar-refractivity contribution is 5.85. The van der Waals surface area contributed by atoms with Gasteiger partial charge < -0.3 is 14.6 Å². The zero-order chi connectivity index (χ0) is 17.2. The molecule has 1 N–H and O–H groups in total. The molecule has 2 aliphatic rings. The number of ether oxygens (including phenoxy) is 1. The van der Waals surface area contributed by atoms with E-state index in [0.29, 0.717) is 5.92 Å². The topological polar surface area (TPSA) is 55.2 Å². The van der Waals surface area contributed by atoms with Gasteiger partial charge in [-0.2, -0.15) is 0 Å². The third kappa shape index (κ3) is 3.87. The molecule has 0 atom stereocenters. The van der Waals surface area contributed by atoms with Gasteiger partial charge in [-0.25, -0.2) is 0 Å². The number of fused-ring (bicyclic) bond motifs is 1. The molecule has 4 rings (SSSR count). The maximum absolute atomic E-state index is 5.53. The maximum atomic E-state index is 5.53. The minimum Gasteiger partial charge on any atom is -0.496 e. The summed E-state index contributed by atoms with van der Waals surface area (Å²) in [5.41, 5.74) is 2.57. The van der Waals surface area contributed by atoms with E-state index in [1.165, 1.54) is 17.0 Å². The quantitative estimate of drug-likeness (QED) is 0.887. The predicted octanol–water partition coefficient (Wildman–Crippen LogP) is 2.50. The van der Waals surface area contributed by atoms with E-state index in [1.54, 1.807) is 7.11 Å². The Hall–Kier alpha value is -1.63. The molecule has 0 saturated carbocycles. The number of nitrogens with zero attached hydrogens (tertiary/aromatic N) is 4. The molecular formula is C19H28ClN5O. The Kier molecular flexibility index (Phi) is 6.16. The van der Waals surface area contributed by atoms with Gasteiger partial charge in [0.05, 0.1) is 13.7 Å². The Morgan fingerprint density at radius 2 is 2.00 bits per heavy atom. The zero-order valence-corrected chi connectivity index (χ0v) is 16.4. The molecule has 7 heteroatoms. The van der Waals surface area contributed by atoms with Crippen molar-refractivity contribution in [3.05, 3.63) is 41.0 Å². The van der Waals surface area contributed by atoms with Crippen molar-refractivity contribution >= 4 is 12.4 Å². The molecule has 0 spiro atoms. The largest absolute Gasteiger partial charge is 0.496 e. The molecule has 0 amide bonds. The lowest BCUT2D eigenvalue weighted by Gasteiger charge is -2.32. The Bertz CT molecular complexity index is 740. The summed E-state index contributed by atoms with van der Waals surface area (Å²) < 4.78 is 7.86. The van der Waals surface area contributed by atoms with Crippen LogP contribution in [0.3, 0.4) is 0 Å². The average Bonchev–Trinajstić information content (AvgIpc) is 3.07. The average molecular weight is 378 g/mol. The van der Waals surface area contributed by atoms with Crippen molar-refractivity contribution in [2.24, 2.45) is 0 Å². The summed E-state index contributed by atoms with van der Waals surface area (Å²) in [6.45, 7) is 8.16. The number of rotatable bonds is 4. The molecule has 1 fully saturated rings. The maximum Gasteiger partial charge on any atom is 0.147 e. The normalized spacial score (nSPS) is 18.2. The molecule has 0 bridgehead atoms. The van der Waals surface area contributed by atoms with Crippen LogP contribution in [0.1, 0.15) is 41.5 Å². The highest BCUT2D eigenvalue weighted by Crippen LogP contribution is 2.30. The van der Waals surface area contributed by atoms with Crippen LogP contribution in [0.5, 0.6) is 5.75 Å². The predicted molar refractivity (Wildman–Crippen MR) is 104 cm³/mol. The van der Waals surface area contributed by atoms with E-state index in [4.69, 9.17) is 4.74 Å². The van der Waals surface area contributed by atoms with E-state index in [-0.39, 0.29) is 12.4 Å². The highest BCUT2D eigenvalue weighted by Gasteiger charge is 2.27. The first-order chi connectivity index (χ1) is 12.2. The first-order valence-corrected chi connectivity index (χ1v) is 9.23. The van der Waals surface area contributed by atoms with Gasteiger partial charge in [-0.3, -0.25) is 4.90 Å². The summed E-state index contributed by atoms with van der Waals surface area (Å²) in [7, 11) is 1.75. The number of aromatic nitrogens is 3. The van der Waals surface area contributed by atoms with Crippen LogP contribution in [-0.4, -0.2) is 46.4 Å². The van der Waals surface area contributed by atoms with E-state index in [1.807, 2.05) is 0 Å². The van der Waals surface area contributed by atoms with Gasteiger partial charge in [0.15, 0.2) is 0 Å². The van der Waals surface area contributed by atoms with Crippen molar-refractivity contribution in [3.63, 3.8) is 0 Å². The third-order valence-electron chi connectivity index (χ3n) is 5.43. The molecule has 2 aromatic rings. The van der Waals surface area contributed by atoms with Crippen molar-refractivity contribution in [1.29, 1.82) is 0 Å². The second-order valence-corrected chi connectivity index (χ2v) is 7.17. The third-order valence-corrected chi connectivity index (χ3v) is 5.43. The molecule has 0 aliphatic carbocycles. The van der Waals surface area contributed by atoms with Crippen LogP contribution in [0, 0.1) is 6.92 Å². The number of methoxy groups -OCH3 is 1. The number of aryl methyl sites for hydroxylation is 1. The Morgan fingerprint density at radius 1 is 1.19 bits per heavy atom. The molecule has 2 aliphatic heterocycles. The summed E-state index contributed by atoms with van der Waals surface area (Å²) >= 11 is 0. The molecular weight excluding hydrogens is 350 g/mol. The number of halogens is 1. The van der Waals surface area contributed by atoms with Gasteiger partial charge in [0.2, 0.25) is 0 Å². The van der Waals surface area contributed by atoms with Gasteiger partial charge in [-0.15, -0.1) is 22.6 Å². The Morgan fingerprint density at radius 3 is 2.77 bits per heavy atom. The molecule has 0 unspecified atom stereocenters. The number of hydrogen-bond acceptors (Lipinski definition) is 5. The fraction of sp³-hybridized carbons (Fsp3) is 0.579. The second-order valence-electron chi connectivity index (χ2n) is 7.17. The minimum atomic E-state index is 0. The van der Waals surface area contributed by atoms with Crippen LogP contribution >= 0.6 is 12.4 Å². The van der Waals surface area contributed by atoms with E-state index >= 15 is 0 Å². The van der Waals surface area contributed by atoms with Gasteiger partial charge in [-0.1, -0.05) is 17.7 Å². The molecule has 26 heavy (non-hydrogen) atoms. The fourth-order valence-corrected chi connectivity index (χ4v) is 4.04. The lowest BCUT2D eigenvalue weighted by Crippen LogP contribution is -2.34. The smallest absolute Gasteiger partial charge is 0.147 e. The number of nitrogens with one attached hydrogen (secondary N) is 1. The summed E-state index contributed by atoms with van der Waals surface area (Å²) in [6, 6.07) is 6.43. The van der Waals surface area contributed by atoms with E-state index in [0.717, 1.165) is 63.7 Å². The number of hydrogen-bond donors (Lipinski definition) is 1. The Labute approximate surface area is 161 Å². The lowest BCUT2D eigenvalue weighted by molar-refractivity contribution is 0.197. The monoisotopic (exact) mass is 377 g/mol. The number of benzene rings is 1. The van der Waals surface area contributed by atoms with Gasteiger partial charge >= 0.3 is 0 Å². The van der Waals surface area contributed by atoms with E-state index in [2.05, 4.69) is 50.1 Å². The van der Waals surface area contributed by atoms with Crippen molar-refractivity contribution in [2.45, 2.75) is 45.3 Å². The zero-order valence-electron chi connectivity index (χ0n) is 15.6. The van der Waals surface area contributed by atoms with Crippen LogP contribution in [-0.2, 0) is 19.6 Å². The van der Waals surface area contributed by atoms with Crippen molar-refractivity contribution in [3.8, 4) is 5.75 Å². The van der Waals surface area contributed by atoms with Crippen LogP contribution < -0.4 is 10.1 Å². The summed E-state index contributed by atoms with van der Waals surface area (Å²) in [5, 5.41) is 12.2. The van der Waals surface area contributed by atoms with Crippen LogP contribution in [0.15, 0.2) is 18.2 Å². The van der Waals surface area contributed by atoms with Crippen molar-refractivity contribution in [1.82, 2.24) is 25.0 Å². The van der Waals surface area contributed by atoms with Crippen molar-refractivity contribution < 1.29 is 4.74 Å². The standard InChI is InChI=1S/C19H27N5O.ClH/c1-14-3-4-17(25-2)16(11-14)13-23-8-5-15(6-9-23)19-22-21-18-12-20-7-10-24(18)19;/h3-4,11,15,20H,5-10,12-13H2,1-2H3;1H. The molecule has 142 valence electrons. The van der Waals surface area contributed by atoms with Gasteiger partial charge in [0, 0.05) is 31.1 Å². The highest BCUT2D eigenvalue weighted by atomic mass is 35.5. The van der Waals surface area contributed by atoms with Crippen LogP contribution in [0.4, 0.5) is 0 Å². The molecule has 1 aromatic carbocycles. The summed E-state index contributed by atoms with van der Waals surface area (Å²) in [5.74, 6) is 3.82. The first kappa shape index (κ1) is 19.1. The Balaban J connectivity index is 0.00000196. The second kappa shape index (κ2) is 8.37. The molecule has 3 heterocycles. The first-order valence-electron chi connectivity index (χ1n) is 9.23. The van der Waals surface area contributed by atoms with Gasteiger partial charge in [0.1, 0.15) is 17.4 Å². The fourth-order valence-electron chi connectivity index (χ4n) is 4.04. The molecule has 0 radical (unpaired) electrons. The van der Waals surface area contributed by atoms with Gasteiger partial charge in [-0.05, 0) is 38.9 Å². The lowest BCUT2D eigenvalue weighted by atomic mass is 9.95. The number of likely N-dealkylation sites (tertiary alicyclic amines) is 1. The van der Waals surface area contributed by atoms with E-state index in [9.17, 15) is 0 Å². The van der Waals surface area contributed by atoms with E-state index < -0.39 is 0 Å². The molecule has 1 aromatic heterocycles. The minimum absolute atomic E-state index is 0. The van der Waals surface area contributed by atoms with Crippen LogP contribution in [0.25, 0.3) is 0 Å². The SMILES string of the molecule is COc1ccc(C)cc1CN1CCC(c2nnc3n2CCNC3)CC1.Cl.